The molecule has 0 heterocycles. The Morgan fingerprint density at radius 1 is 1.89 bits per heavy atom. The maximum absolute atomic E-state index is 8.41. The lowest BCUT2D eigenvalue weighted by molar-refractivity contribution is 0.627. The van der Waals surface area contributed by atoms with Gasteiger partial charge >= 0.3 is 0 Å². The summed E-state index contributed by atoms with van der Waals surface area (Å²) in [4.78, 5) is 0. The van der Waals surface area contributed by atoms with E-state index in [0.717, 1.165) is 6.42 Å². The molecule has 0 saturated carbocycles. The topological polar surface area (TPSA) is 35.8 Å². The van der Waals surface area contributed by atoms with Crippen LogP contribution in [-0.4, -0.2) is 12.6 Å². The summed E-state index contributed by atoms with van der Waals surface area (Å²) in [5, 5.41) is 11.4. The van der Waals surface area contributed by atoms with E-state index in [-0.39, 0.29) is 6.04 Å². The van der Waals surface area contributed by atoms with E-state index in [9.17, 15) is 0 Å². The van der Waals surface area contributed by atoms with Gasteiger partial charge in [-0.3, -0.25) is 5.32 Å². The van der Waals surface area contributed by atoms with Crippen molar-refractivity contribution in [3.05, 3.63) is 12.7 Å². The summed E-state index contributed by atoms with van der Waals surface area (Å²) in [6.07, 6.45) is 2.60. The molecule has 0 fully saturated rings. The Morgan fingerprint density at radius 2 is 2.56 bits per heavy atom. The van der Waals surface area contributed by atoms with Gasteiger partial charge in [0.05, 0.1) is 12.1 Å². The first-order valence-corrected chi connectivity index (χ1v) is 3.09. The smallest absolute Gasteiger partial charge is 0.0952 e. The molecule has 9 heavy (non-hydrogen) atoms. The van der Waals surface area contributed by atoms with E-state index in [1.807, 2.05) is 6.92 Å². The fourth-order valence-corrected chi connectivity index (χ4v) is 0.507. The lowest BCUT2D eigenvalue weighted by Gasteiger charge is -2.04. The quantitative estimate of drug-likeness (QED) is 0.569. The Labute approximate surface area is 56.2 Å². The first kappa shape index (κ1) is 8.19. The van der Waals surface area contributed by atoms with Crippen LogP contribution in [0.2, 0.25) is 0 Å². The lowest BCUT2D eigenvalue weighted by Crippen LogP contribution is -2.26. The van der Waals surface area contributed by atoms with E-state index < -0.39 is 0 Å². The number of hydrogen-bond acceptors (Lipinski definition) is 2. The zero-order valence-corrected chi connectivity index (χ0v) is 5.72. The van der Waals surface area contributed by atoms with Gasteiger partial charge in [0.2, 0.25) is 0 Å². The van der Waals surface area contributed by atoms with Crippen LogP contribution in [0.3, 0.4) is 0 Å². The number of nitrogens with one attached hydrogen (secondary N) is 1. The van der Waals surface area contributed by atoms with Crippen LogP contribution in [0, 0.1) is 11.3 Å². The first-order chi connectivity index (χ1) is 4.35. The van der Waals surface area contributed by atoms with Crippen molar-refractivity contribution in [2.24, 2.45) is 0 Å². The van der Waals surface area contributed by atoms with Crippen LogP contribution >= 0.6 is 0 Å². The predicted molar refractivity (Wildman–Crippen MR) is 37.9 cm³/mol. The molecule has 0 amide bonds. The molecule has 0 aliphatic carbocycles. The van der Waals surface area contributed by atoms with Crippen molar-refractivity contribution in [2.45, 2.75) is 19.4 Å². The van der Waals surface area contributed by atoms with Gasteiger partial charge in [-0.05, 0) is 6.42 Å². The molecular weight excluding hydrogens is 112 g/mol. The van der Waals surface area contributed by atoms with Gasteiger partial charge in [-0.2, -0.15) is 5.26 Å². The summed E-state index contributed by atoms with van der Waals surface area (Å²) >= 11 is 0. The second-order valence-corrected chi connectivity index (χ2v) is 1.79. The fourth-order valence-electron chi connectivity index (χ4n) is 0.507. The van der Waals surface area contributed by atoms with Crippen molar-refractivity contribution < 1.29 is 0 Å². The molecule has 50 valence electrons. The molecule has 0 saturated heterocycles. The van der Waals surface area contributed by atoms with Gasteiger partial charge in [-0.15, -0.1) is 6.58 Å². The molecule has 2 nitrogen and oxygen atoms in total. The fraction of sp³-hybridized carbons (Fsp3) is 0.571. The van der Waals surface area contributed by atoms with Crippen molar-refractivity contribution in [1.82, 2.24) is 5.32 Å². The molecule has 1 N–H and O–H groups in total. The maximum Gasteiger partial charge on any atom is 0.0952 e. The third kappa shape index (κ3) is 3.75. The largest absolute Gasteiger partial charge is 0.298 e. The molecule has 0 aromatic rings. The summed E-state index contributed by atoms with van der Waals surface area (Å²) in [5.41, 5.74) is 0. The highest BCUT2D eigenvalue weighted by atomic mass is 14.9. The monoisotopic (exact) mass is 124 g/mol. The van der Waals surface area contributed by atoms with Gasteiger partial charge in [0, 0.05) is 6.54 Å². The zero-order chi connectivity index (χ0) is 7.11. The standard InChI is InChI=1S/C7H12N2/c1-3-5-9-7(4-2)6-8/h3,7,9H,1,4-5H2,2H3. The summed E-state index contributed by atoms with van der Waals surface area (Å²) in [7, 11) is 0. The van der Waals surface area contributed by atoms with Crippen LogP contribution in [0.1, 0.15) is 13.3 Å². The van der Waals surface area contributed by atoms with Crippen LogP contribution in [0.4, 0.5) is 0 Å². The maximum atomic E-state index is 8.41. The molecule has 1 atom stereocenters. The van der Waals surface area contributed by atoms with Gasteiger partial charge in [0.1, 0.15) is 0 Å². The molecule has 0 aliphatic rings. The minimum atomic E-state index is -0.0111. The number of nitrogens with zero attached hydrogens (tertiary/aromatic N) is 1. The van der Waals surface area contributed by atoms with Crippen LogP contribution in [-0.2, 0) is 0 Å². The van der Waals surface area contributed by atoms with Crippen molar-refractivity contribution in [2.75, 3.05) is 6.54 Å². The molecule has 0 rings (SSSR count). The Kier molecular flexibility index (Phi) is 4.85. The molecule has 0 aromatic heterocycles. The predicted octanol–water partition coefficient (Wildman–Crippen LogP) is 1.06. The van der Waals surface area contributed by atoms with Gasteiger partial charge in [0.15, 0.2) is 0 Å². The molecule has 0 aromatic carbocycles. The molecule has 2 heteroatoms. The second-order valence-electron chi connectivity index (χ2n) is 1.79. The number of nitriles is 1. The van der Waals surface area contributed by atoms with E-state index >= 15 is 0 Å². The normalized spacial score (nSPS) is 12.0. The Bertz CT molecular complexity index is 113. The Morgan fingerprint density at radius 3 is 2.89 bits per heavy atom. The van der Waals surface area contributed by atoms with E-state index in [4.69, 9.17) is 5.26 Å². The highest BCUT2D eigenvalue weighted by Crippen LogP contribution is 1.85. The summed E-state index contributed by atoms with van der Waals surface area (Å²) in [6.45, 7) is 6.22. The zero-order valence-electron chi connectivity index (χ0n) is 5.72. The van der Waals surface area contributed by atoms with Crippen LogP contribution in [0.5, 0.6) is 0 Å². The van der Waals surface area contributed by atoms with Crippen LogP contribution in [0.15, 0.2) is 12.7 Å². The van der Waals surface area contributed by atoms with Crippen molar-refractivity contribution in [3.63, 3.8) is 0 Å². The van der Waals surface area contributed by atoms with Crippen LogP contribution in [0.25, 0.3) is 0 Å². The van der Waals surface area contributed by atoms with E-state index in [2.05, 4.69) is 18.0 Å². The summed E-state index contributed by atoms with van der Waals surface area (Å²) in [6, 6.07) is 2.12. The number of rotatable bonds is 4. The van der Waals surface area contributed by atoms with Gasteiger partial charge in [0.25, 0.3) is 0 Å². The third-order valence-corrected chi connectivity index (χ3v) is 1.07. The van der Waals surface area contributed by atoms with Gasteiger partial charge < -0.3 is 0 Å². The first-order valence-electron chi connectivity index (χ1n) is 3.09. The molecule has 0 bridgehead atoms. The molecule has 0 radical (unpaired) electrons. The highest BCUT2D eigenvalue weighted by Gasteiger charge is 1.98. The van der Waals surface area contributed by atoms with Gasteiger partial charge in [-0.1, -0.05) is 13.0 Å². The minimum Gasteiger partial charge on any atom is -0.298 e. The van der Waals surface area contributed by atoms with Crippen molar-refractivity contribution >= 4 is 0 Å². The van der Waals surface area contributed by atoms with Gasteiger partial charge in [-0.25, -0.2) is 0 Å². The van der Waals surface area contributed by atoms with E-state index in [0.29, 0.717) is 6.54 Å². The summed E-state index contributed by atoms with van der Waals surface area (Å²) < 4.78 is 0. The summed E-state index contributed by atoms with van der Waals surface area (Å²) in [5.74, 6) is 0. The average molecular weight is 124 g/mol. The van der Waals surface area contributed by atoms with Crippen molar-refractivity contribution in [3.8, 4) is 6.07 Å². The molecular formula is C7H12N2. The Hall–Kier alpha value is -0.810. The molecule has 1 unspecified atom stereocenters. The number of hydrogen-bond donors (Lipinski definition) is 1. The highest BCUT2D eigenvalue weighted by molar-refractivity contribution is 4.90. The van der Waals surface area contributed by atoms with Crippen LogP contribution < -0.4 is 5.32 Å². The third-order valence-electron chi connectivity index (χ3n) is 1.07. The van der Waals surface area contributed by atoms with Crippen molar-refractivity contribution in [1.29, 1.82) is 5.26 Å². The molecule has 0 spiro atoms. The average Bonchev–Trinajstić information content (AvgIpc) is 1.91. The second kappa shape index (κ2) is 5.33. The minimum absolute atomic E-state index is 0.0111. The van der Waals surface area contributed by atoms with E-state index in [1.165, 1.54) is 0 Å². The lowest BCUT2D eigenvalue weighted by atomic mass is 10.2. The van der Waals surface area contributed by atoms with E-state index in [1.54, 1.807) is 6.08 Å². The molecule has 0 aliphatic heterocycles. The SMILES string of the molecule is C=CCNC(C#N)CC. The Balaban J connectivity index is 3.34.